The van der Waals surface area contributed by atoms with Crippen molar-refractivity contribution >= 4 is 11.7 Å². The number of carbonyl (C=O) groups excluding carboxylic acids is 1. The smallest absolute Gasteiger partial charge is 0.230 e. The first-order valence-corrected chi connectivity index (χ1v) is 5.93. The van der Waals surface area contributed by atoms with Gasteiger partial charge in [0.05, 0.1) is 12.0 Å². The van der Waals surface area contributed by atoms with Crippen molar-refractivity contribution < 1.29 is 14.7 Å². The van der Waals surface area contributed by atoms with Gasteiger partial charge in [0.1, 0.15) is 0 Å². The third kappa shape index (κ3) is 6.11. The number of hydrogen-bond donors (Lipinski definition) is 3. The largest absolute Gasteiger partial charge is 0.409 e. The van der Waals surface area contributed by atoms with Crippen LogP contribution in [-0.4, -0.2) is 36.2 Å². The van der Waals surface area contributed by atoms with Crippen LogP contribution in [0.2, 0.25) is 0 Å². The van der Waals surface area contributed by atoms with Crippen LogP contribution >= 0.6 is 0 Å². The number of carbonyl (C=O) groups is 1. The Morgan fingerprint density at radius 3 is 2.65 bits per heavy atom. The van der Waals surface area contributed by atoms with Gasteiger partial charge in [-0.25, -0.2) is 0 Å². The van der Waals surface area contributed by atoms with Gasteiger partial charge in [-0.3, -0.25) is 4.79 Å². The quantitative estimate of drug-likeness (QED) is 0.254. The average Bonchev–Trinajstić information content (AvgIpc) is 2.32. The van der Waals surface area contributed by atoms with Crippen LogP contribution in [0.3, 0.4) is 0 Å². The molecule has 0 aromatic carbocycles. The Morgan fingerprint density at radius 2 is 2.18 bits per heavy atom. The summed E-state index contributed by atoms with van der Waals surface area (Å²) < 4.78 is 5.29. The van der Waals surface area contributed by atoms with Crippen molar-refractivity contribution in [1.82, 2.24) is 5.32 Å². The lowest BCUT2D eigenvalue weighted by Gasteiger charge is -2.17. The molecule has 4 N–H and O–H groups in total. The summed E-state index contributed by atoms with van der Waals surface area (Å²) >= 11 is 0. The molecule has 6 heteroatoms. The van der Waals surface area contributed by atoms with Gasteiger partial charge in [0.2, 0.25) is 5.91 Å². The van der Waals surface area contributed by atoms with Crippen molar-refractivity contribution in [2.45, 2.75) is 39.7 Å². The highest BCUT2D eigenvalue weighted by molar-refractivity contribution is 6.02. The van der Waals surface area contributed by atoms with Crippen LogP contribution in [0, 0.1) is 5.92 Å². The van der Waals surface area contributed by atoms with E-state index >= 15 is 0 Å². The zero-order valence-corrected chi connectivity index (χ0v) is 10.8. The monoisotopic (exact) mass is 245 g/mol. The molecule has 0 heterocycles. The summed E-state index contributed by atoms with van der Waals surface area (Å²) in [5.74, 6) is -0.846. The van der Waals surface area contributed by atoms with Crippen molar-refractivity contribution in [2.24, 2.45) is 16.8 Å². The van der Waals surface area contributed by atoms with Crippen LogP contribution in [0.4, 0.5) is 0 Å². The predicted octanol–water partition coefficient (Wildman–Crippen LogP) is 0.690. The second kappa shape index (κ2) is 8.81. The maximum Gasteiger partial charge on any atom is 0.230 e. The van der Waals surface area contributed by atoms with Crippen molar-refractivity contribution in [3.05, 3.63) is 0 Å². The van der Waals surface area contributed by atoms with E-state index in [1.54, 1.807) is 0 Å². The molecule has 0 spiro atoms. The molecule has 0 saturated carbocycles. The number of amides is 1. The van der Waals surface area contributed by atoms with Gasteiger partial charge < -0.3 is 21.0 Å². The molecule has 17 heavy (non-hydrogen) atoms. The van der Waals surface area contributed by atoms with E-state index in [1.807, 2.05) is 20.8 Å². The molecule has 1 amide bonds. The standard InChI is InChI=1S/C11H23N3O3/c1-4-6-9(10(12)14-16)11(15)13-7-8(3)17-5-2/h8-9,16H,4-7H2,1-3H3,(H2,12,14)(H,13,15). The van der Waals surface area contributed by atoms with Crippen LogP contribution in [0.1, 0.15) is 33.6 Å². The molecule has 0 rings (SSSR count). The number of nitrogens with one attached hydrogen (secondary N) is 1. The Kier molecular flexibility index (Phi) is 8.13. The number of rotatable bonds is 8. The maximum atomic E-state index is 11.8. The van der Waals surface area contributed by atoms with E-state index in [4.69, 9.17) is 15.7 Å². The van der Waals surface area contributed by atoms with E-state index < -0.39 is 5.92 Å². The normalized spacial score (nSPS) is 15.4. The number of hydrogen-bond acceptors (Lipinski definition) is 4. The number of amidine groups is 1. The molecule has 0 aliphatic rings. The molecule has 0 radical (unpaired) electrons. The van der Waals surface area contributed by atoms with Crippen molar-refractivity contribution in [3.8, 4) is 0 Å². The first-order valence-electron chi connectivity index (χ1n) is 5.93. The van der Waals surface area contributed by atoms with E-state index in [0.29, 0.717) is 19.6 Å². The molecular formula is C11H23N3O3. The SMILES string of the molecule is CCCC(C(=O)NCC(C)OCC)C(N)=NO. The zero-order valence-electron chi connectivity index (χ0n) is 10.8. The van der Waals surface area contributed by atoms with Crippen LogP contribution in [0.15, 0.2) is 5.16 Å². The highest BCUT2D eigenvalue weighted by Gasteiger charge is 2.22. The molecule has 2 unspecified atom stereocenters. The van der Waals surface area contributed by atoms with Gasteiger partial charge in [-0.05, 0) is 20.3 Å². The van der Waals surface area contributed by atoms with E-state index in [2.05, 4.69) is 10.5 Å². The molecule has 0 saturated heterocycles. The van der Waals surface area contributed by atoms with Gasteiger partial charge in [-0.1, -0.05) is 18.5 Å². The van der Waals surface area contributed by atoms with E-state index in [-0.39, 0.29) is 17.8 Å². The molecule has 0 aromatic rings. The minimum atomic E-state index is -0.571. The van der Waals surface area contributed by atoms with Crippen molar-refractivity contribution in [2.75, 3.05) is 13.2 Å². The molecule has 100 valence electrons. The van der Waals surface area contributed by atoms with Crippen LogP contribution in [0.25, 0.3) is 0 Å². The average molecular weight is 245 g/mol. The van der Waals surface area contributed by atoms with Gasteiger partial charge in [0, 0.05) is 13.2 Å². The number of oxime groups is 1. The summed E-state index contributed by atoms with van der Waals surface area (Å²) in [5.41, 5.74) is 5.48. The molecule has 0 bridgehead atoms. The van der Waals surface area contributed by atoms with Gasteiger partial charge >= 0.3 is 0 Å². The number of nitrogens with zero attached hydrogens (tertiary/aromatic N) is 1. The Balaban J connectivity index is 4.24. The molecule has 0 fully saturated rings. The minimum absolute atomic E-state index is 0.0430. The minimum Gasteiger partial charge on any atom is -0.409 e. The summed E-state index contributed by atoms with van der Waals surface area (Å²) in [4.78, 5) is 11.8. The Morgan fingerprint density at radius 1 is 1.53 bits per heavy atom. The third-order valence-corrected chi connectivity index (χ3v) is 2.38. The number of nitrogens with two attached hydrogens (primary N) is 1. The number of ether oxygens (including phenoxy) is 1. The maximum absolute atomic E-state index is 11.8. The van der Waals surface area contributed by atoms with E-state index in [1.165, 1.54) is 0 Å². The van der Waals surface area contributed by atoms with Crippen molar-refractivity contribution in [1.29, 1.82) is 0 Å². The third-order valence-electron chi connectivity index (χ3n) is 2.38. The summed E-state index contributed by atoms with van der Waals surface area (Å²) in [5, 5.41) is 14.2. The van der Waals surface area contributed by atoms with Gasteiger partial charge in [0.25, 0.3) is 0 Å². The predicted molar refractivity (Wildman–Crippen MR) is 65.9 cm³/mol. The van der Waals surface area contributed by atoms with E-state index in [0.717, 1.165) is 6.42 Å². The van der Waals surface area contributed by atoms with Crippen LogP contribution in [-0.2, 0) is 9.53 Å². The lowest BCUT2D eigenvalue weighted by atomic mass is 10.0. The van der Waals surface area contributed by atoms with Gasteiger partial charge in [-0.2, -0.15) is 0 Å². The highest BCUT2D eigenvalue weighted by atomic mass is 16.5. The molecule has 0 aliphatic carbocycles. The summed E-state index contributed by atoms with van der Waals surface area (Å²) in [6.07, 6.45) is 1.30. The second-order valence-electron chi connectivity index (χ2n) is 3.88. The Hall–Kier alpha value is -1.30. The molecule has 6 nitrogen and oxygen atoms in total. The Bertz CT molecular complexity index is 256. The molecule has 0 aliphatic heterocycles. The topological polar surface area (TPSA) is 96.9 Å². The molecular weight excluding hydrogens is 222 g/mol. The fraction of sp³-hybridized carbons (Fsp3) is 0.818. The second-order valence-corrected chi connectivity index (χ2v) is 3.88. The molecule has 0 aromatic heterocycles. The lowest BCUT2D eigenvalue weighted by Crippen LogP contribution is -2.41. The fourth-order valence-corrected chi connectivity index (χ4v) is 1.48. The van der Waals surface area contributed by atoms with Gasteiger partial charge in [-0.15, -0.1) is 0 Å². The molecule has 2 atom stereocenters. The Labute approximate surface area is 102 Å². The highest BCUT2D eigenvalue weighted by Crippen LogP contribution is 2.06. The van der Waals surface area contributed by atoms with Crippen LogP contribution in [0.5, 0.6) is 0 Å². The first kappa shape index (κ1) is 15.7. The zero-order chi connectivity index (χ0) is 13.3. The van der Waals surface area contributed by atoms with Gasteiger partial charge in [0.15, 0.2) is 5.84 Å². The van der Waals surface area contributed by atoms with E-state index in [9.17, 15) is 4.79 Å². The lowest BCUT2D eigenvalue weighted by molar-refractivity contribution is -0.123. The summed E-state index contributed by atoms with van der Waals surface area (Å²) in [7, 11) is 0. The summed E-state index contributed by atoms with van der Waals surface area (Å²) in [6.45, 7) is 6.74. The summed E-state index contributed by atoms with van der Waals surface area (Å²) in [6, 6.07) is 0. The van der Waals surface area contributed by atoms with Crippen LogP contribution < -0.4 is 11.1 Å². The fourth-order valence-electron chi connectivity index (χ4n) is 1.48. The van der Waals surface area contributed by atoms with Crippen molar-refractivity contribution in [3.63, 3.8) is 0 Å². The first-order chi connectivity index (χ1) is 8.06.